The molecule has 2 rings (SSSR count). The molecule has 202 valence electrons. The largest absolute Gasteiger partial charge is 0.496 e. The lowest BCUT2D eigenvalue weighted by Crippen LogP contribution is -2.26. The van der Waals surface area contributed by atoms with Gasteiger partial charge in [0.1, 0.15) is 17.2 Å². The lowest BCUT2D eigenvalue weighted by atomic mass is 9.95. The van der Waals surface area contributed by atoms with Gasteiger partial charge in [0, 0.05) is 16.7 Å². The van der Waals surface area contributed by atoms with Crippen molar-refractivity contribution in [3.8, 4) is 17.2 Å². The Bertz CT molecular complexity index is 1230. The second-order valence-corrected chi connectivity index (χ2v) is 11.0. The molecule has 6 heteroatoms. The summed E-state index contributed by atoms with van der Waals surface area (Å²) in [7, 11) is 1.53. The molecule has 0 aliphatic heterocycles. The third-order valence-electron chi connectivity index (χ3n) is 5.53. The molecule has 0 spiro atoms. The fourth-order valence-corrected chi connectivity index (χ4v) is 3.37. The zero-order valence-corrected chi connectivity index (χ0v) is 23.5. The molecule has 0 amide bonds. The molecule has 0 N–H and O–H groups in total. The van der Waals surface area contributed by atoms with Crippen LogP contribution >= 0.6 is 0 Å². The maximum absolute atomic E-state index is 12.9. The number of hydrogen-bond donors (Lipinski definition) is 0. The minimum Gasteiger partial charge on any atom is -0.496 e. The number of carbonyl (C=O) groups excluding carboxylic acids is 3. The molecule has 0 fully saturated rings. The van der Waals surface area contributed by atoms with Gasteiger partial charge in [-0.05, 0) is 102 Å². The van der Waals surface area contributed by atoms with Gasteiger partial charge >= 0.3 is 11.9 Å². The van der Waals surface area contributed by atoms with Gasteiger partial charge in [0.25, 0.3) is 0 Å². The first-order valence-electron chi connectivity index (χ1n) is 12.4. The highest BCUT2D eigenvalue weighted by Crippen LogP contribution is 2.39. The summed E-state index contributed by atoms with van der Waals surface area (Å²) in [5, 5.41) is 0. The summed E-state index contributed by atoms with van der Waals surface area (Å²) in [6.07, 6.45) is 7.39. The highest BCUT2D eigenvalue weighted by molar-refractivity contribution is 6.07. The number of carbonyl (C=O) groups is 3. The van der Waals surface area contributed by atoms with Crippen molar-refractivity contribution in [1.82, 2.24) is 0 Å². The molecule has 0 unspecified atom stereocenters. The van der Waals surface area contributed by atoms with Crippen LogP contribution in [0.5, 0.6) is 17.2 Å². The number of methoxy groups -OCH3 is 1. The number of allylic oxidation sites excluding steroid dienone is 3. The van der Waals surface area contributed by atoms with Crippen molar-refractivity contribution in [3.05, 3.63) is 84.0 Å². The van der Waals surface area contributed by atoms with Crippen molar-refractivity contribution in [3.63, 3.8) is 0 Å². The zero-order valence-electron chi connectivity index (χ0n) is 23.5. The van der Waals surface area contributed by atoms with E-state index >= 15 is 0 Å². The van der Waals surface area contributed by atoms with E-state index < -0.39 is 10.8 Å². The highest BCUT2D eigenvalue weighted by atomic mass is 16.5. The Hall–Kier alpha value is -3.93. The molecule has 0 aliphatic rings. The second kappa shape index (κ2) is 12.5. The molecule has 0 saturated carbocycles. The highest BCUT2D eigenvalue weighted by Gasteiger charge is 2.27. The molecule has 0 atom stereocenters. The van der Waals surface area contributed by atoms with E-state index in [-0.39, 0.29) is 17.7 Å². The first-order valence-corrected chi connectivity index (χ1v) is 12.4. The van der Waals surface area contributed by atoms with Gasteiger partial charge < -0.3 is 14.2 Å². The molecule has 0 radical (unpaired) electrons. The van der Waals surface area contributed by atoms with Crippen LogP contribution in [0.1, 0.15) is 68.6 Å². The number of ketones is 1. The normalized spacial score (nSPS) is 11.7. The van der Waals surface area contributed by atoms with Crippen molar-refractivity contribution in [2.45, 2.75) is 54.4 Å². The van der Waals surface area contributed by atoms with Gasteiger partial charge in [-0.3, -0.25) is 14.4 Å². The molecule has 38 heavy (non-hydrogen) atoms. The van der Waals surface area contributed by atoms with Gasteiger partial charge in [0.2, 0.25) is 0 Å². The average Bonchev–Trinajstić information content (AvgIpc) is 2.83. The number of hydrogen-bond acceptors (Lipinski definition) is 6. The lowest BCUT2D eigenvalue weighted by molar-refractivity contribution is -0.143. The Morgan fingerprint density at radius 3 is 1.87 bits per heavy atom. The summed E-state index contributed by atoms with van der Waals surface area (Å²) >= 11 is 0. The molecule has 2 aromatic rings. The van der Waals surface area contributed by atoms with Crippen LogP contribution in [0.3, 0.4) is 0 Å². The molecule has 2 aromatic carbocycles. The molecular formula is C32H38O6. The van der Waals surface area contributed by atoms with Crippen LogP contribution in [0, 0.1) is 10.8 Å². The van der Waals surface area contributed by atoms with E-state index in [4.69, 9.17) is 14.2 Å². The maximum Gasteiger partial charge on any atom is 0.316 e. The Labute approximate surface area is 226 Å². The van der Waals surface area contributed by atoms with E-state index in [1.165, 1.54) is 13.2 Å². The van der Waals surface area contributed by atoms with E-state index in [2.05, 4.69) is 13.2 Å². The first kappa shape index (κ1) is 30.3. The average molecular weight is 519 g/mol. The number of esters is 2. The van der Waals surface area contributed by atoms with Crippen LogP contribution in [-0.2, 0) is 22.4 Å². The van der Waals surface area contributed by atoms with Crippen LogP contribution in [-0.4, -0.2) is 24.8 Å². The number of benzene rings is 2. The van der Waals surface area contributed by atoms with Crippen molar-refractivity contribution >= 4 is 23.8 Å². The van der Waals surface area contributed by atoms with Gasteiger partial charge in [0.15, 0.2) is 5.78 Å². The zero-order chi connectivity index (χ0) is 28.7. The summed E-state index contributed by atoms with van der Waals surface area (Å²) in [5.74, 6) is 0.319. The predicted octanol–water partition coefficient (Wildman–Crippen LogP) is 6.95. The molecule has 0 aromatic heterocycles. The first-order chi connectivity index (χ1) is 17.7. The fourth-order valence-electron chi connectivity index (χ4n) is 3.37. The SMILES string of the molecule is C=CCc1cc(C=CC(=O)c2ccc(OC(=O)C(C)(C)C)cc2)c(OC)c(CC=C)c1OC(=O)C(C)(C)C. The van der Waals surface area contributed by atoms with Crippen LogP contribution in [0.15, 0.2) is 61.7 Å². The van der Waals surface area contributed by atoms with Gasteiger partial charge in [-0.1, -0.05) is 12.2 Å². The number of ether oxygens (including phenoxy) is 3. The standard InChI is InChI=1S/C32H38O6/c1-10-12-22-20-23(27(36-9)25(13-11-2)28(22)38-30(35)32(6,7)8)16-19-26(33)21-14-17-24(18-15-21)37-29(34)31(3,4)5/h10-11,14-20H,1-2,12-13H2,3-9H3. The Balaban J connectivity index is 2.44. The Morgan fingerprint density at radius 1 is 0.816 bits per heavy atom. The third kappa shape index (κ3) is 7.78. The van der Waals surface area contributed by atoms with Gasteiger partial charge in [-0.25, -0.2) is 0 Å². The monoisotopic (exact) mass is 518 g/mol. The summed E-state index contributed by atoms with van der Waals surface area (Å²) in [5.41, 5.74) is 1.16. The maximum atomic E-state index is 12.9. The van der Waals surface area contributed by atoms with Crippen LogP contribution in [0.25, 0.3) is 6.08 Å². The summed E-state index contributed by atoms with van der Waals surface area (Å²) in [6, 6.07) is 8.23. The van der Waals surface area contributed by atoms with Crippen molar-refractivity contribution < 1.29 is 28.6 Å². The van der Waals surface area contributed by atoms with Crippen molar-refractivity contribution in [2.75, 3.05) is 7.11 Å². The fraction of sp³-hybridized carbons (Fsp3) is 0.344. The minimum atomic E-state index is -0.699. The number of rotatable bonds is 10. The van der Waals surface area contributed by atoms with E-state index in [9.17, 15) is 14.4 Å². The smallest absolute Gasteiger partial charge is 0.316 e. The van der Waals surface area contributed by atoms with E-state index in [0.29, 0.717) is 46.8 Å². The summed E-state index contributed by atoms with van der Waals surface area (Å²) in [6.45, 7) is 18.3. The van der Waals surface area contributed by atoms with E-state index in [1.807, 2.05) is 6.07 Å². The van der Waals surface area contributed by atoms with Crippen molar-refractivity contribution in [1.29, 1.82) is 0 Å². The molecule has 0 heterocycles. The quantitative estimate of drug-likeness (QED) is 0.111. The summed E-state index contributed by atoms with van der Waals surface area (Å²) < 4.78 is 16.9. The molecular weight excluding hydrogens is 480 g/mol. The van der Waals surface area contributed by atoms with Gasteiger partial charge in [-0.2, -0.15) is 0 Å². The van der Waals surface area contributed by atoms with Crippen LogP contribution in [0.2, 0.25) is 0 Å². The topological polar surface area (TPSA) is 78.9 Å². The van der Waals surface area contributed by atoms with Crippen molar-refractivity contribution in [2.24, 2.45) is 10.8 Å². The minimum absolute atomic E-state index is 0.237. The third-order valence-corrected chi connectivity index (χ3v) is 5.53. The molecule has 0 bridgehead atoms. The predicted molar refractivity (Wildman–Crippen MR) is 151 cm³/mol. The van der Waals surface area contributed by atoms with E-state index in [1.54, 1.807) is 84.0 Å². The summed E-state index contributed by atoms with van der Waals surface area (Å²) in [4.78, 5) is 37.8. The second-order valence-electron chi connectivity index (χ2n) is 11.0. The van der Waals surface area contributed by atoms with Gasteiger partial charge in [0.05, 0.1) is 17.9 Å². The Kier molecular flexibility index (Phi) is 10.0. The van der Waals surface area contributed by atoms with Crippen LogP contribution in [0.4, 0.5) is 0 Å². The molecule has 6 nitrogen and oxygen atoms in total. The van der Waals surface area contributed by atoms with Gasteiger partial charge in [-0.15, -0.1) is 13.2 Å². The van der Waals surface area contributed by atoms with Crippen LogP contribution < -0.4 is 14.2 Å². The molecule has 0 saturated heterocycles. The lowest BCUT2D eigenvalue weighted by Gasteiger charge is -2.22. The molecule has 0 aliphatic carbocycles. The Morgan fingerprint density at radius 2 is 1.37 bits per heavy atom. The van der Waals surface area contributed by atoms with E-state index in [0.717, 1.165) is 5.56 Å².